The van der Waals surface area contributed by atoms with Crippen molar-refractivity contribution in [2.75, 3.05) is 18.5 Å². The minimum absolute atomic E-state index is 0.0206. The molecule has 0 bridgehead atoms. The molecule has 1 aliphatic heterocycles. The van der Waals surface area contributed by atoms with Crippen LogP contribution in [-0.2, 0) is 5.41 Å². The molecule has 1 aliphatic carbocycles. The van der Waals surface area contributed by atoms with Gasteiger partial charge in [0.2, 0.25) is 5.92 Å². The molecule has 1 nitrogen and oxygen atoms in total. The van der Waals surface area contributed by atoms with Crippen LogP contribution in [0.25, 0.3) is 0 Å². The number of fused-ring (bicyclic) bond motifs is 2. The standard InChI is InChI=1S/C14H16BrF2N/c1-18-9-13(4-6-14(16,17)7-5-13)11-8-10(15)2-3-12(11)18/h2-3,8H,4-7,9H2,1H3. The van der Waals surface area contributed by atoms with Crippen LogP contribution in [0.3, 0.4) is 0 Å². The number of halogens is 3. The van der Waals surface area contributed by atoms with E-state index in [2.05, 4.69) is 33.0 Å². The number of benzene rings is 1. The summed E-state index contributed by atoms with van der Waals surface area (Å²) in [5.74, 6) is -2.46. The fraction of sp³-hybridized carbons (Fsp3) is 0.571. The summed E-state index contributed by atoms with van der Waals surface area (Å²) in [6, 6.07) is 6.22. The number of likely N-dealkylation sites (N-methyl/N-ethyl adjacent to an activating group) is 1. The number of nitrogens with zero attached hydrogens (tertiary/aromatic N) is 1. The van der Waals surface area contributed by atoms with Crippen molar-refractivity contribution in [3.63, 3.8) is 0 Å². The summed E-state index contributed by atoms with van der Waals surface area (Å²) in [5.41, 5.74) is 2.38. The molecule has 0 radical (unpaired) electrons. The monoisotopic (exact) mass is 315 g/mol. The van der Waals surface area contributed by atoms with Gasteiger partial charge in [0.1, 0.15) is 0 Å². The van der Waals surface area contributed by atoms with Gasteiger partial charge in [-0.1, -0.05) is 15.9 Å². The van der Waals surface area contributed by atoms with E-state index in [-0.39, 0.29) is 18.3 Å². The summed E-state index contributed by atoms with van der Waals surface area (Å²) < 4.78 is 27.8. The van der Waals surface area contributed by atoms with E-state index >= 15 is 0 Å². The Morgan fingerprint density at radius 3 is 2.50 bits per heavy atom. The molecule has 0 aromatic heterocycles. The molecular formula is C14H16BrF2N. The van der Waals surface area contributed by atoms with Gasteiger partial charge in [-0.25, -0.2) is 8.78 Å². The van der Waals surface area contributed by atoms with Crippen molar-refractivity contribution in [3.8, 4) is 0 Å². The Labute approximate surface area is 114 Å². The molecule has 98 valence electrons. The Balaban J connectivity index is 1.99. The molecule has 0 N–H and O–H groups in total. The summed E-state index contributed by atoms with van der Waals surface area (Å²) in [6.45, 7) is 0.870. The van der Waals surface area contributed by atoms with Crippen LogP contribution < -0.4 is 4.90 Å². The first-order valence-electron chi connectivity index (χ1n) is 6.31. The number of anilines is 1. The Hall–Kier alpha value is -0.640. The van der Waals surface area contributed by atoms with Gasteiger partial charge in [0.25, 0.3) is 0 Å². The van der Waals surface area contributed by atoms with E-state index < -0.39 is 5.92 Å². The number of alkyl halides is 2. The van der Waals surface area contributed by atoms with Crippen LogP contribution in [-0.4, -0.2) is 19.5 Å². The van der Waals surface area contributed by atoms with Crippen LogP contribution in [0.5, 0.6) is 0 Å². The van der Waals surface area contributed by atoms with E-state index in [1.165, 1.54) is 11.3 Å². The lowest BCUT2D eigenvalue weighted by molar-refractivity contribution is -0.0499. The molecule has 18 heavy (non-hydrogen) atoms. The fourth-order valence-corrected chi connectivity index (χ4v) is 3.77. The van der Waals surface area contributed by atoms with E-state index in [9.17, 15) is 8.78 Å². The Kier molecular flexibility index (Phi) is 2.70. The topological polar surface area (TPSA) is 3.24 Å². The largest absolute Gasteiger partial charge is 0.373 e. The number of hydrogen-bond donors (Lipinski definition) is 0. The maximum Gasteiger partial charge on any atom is 0.248 e. The Morgan fingerprint density at radius 1 is 1.17 bits per heavy atom. The molecule has 4 heteroatoms. The highest BCUT2D eigenvalue weighted by Gasteiger charge is 2.48. The van der Waals surface area contributed by atoms with Gasteiger partial charge in [-0.15, -0.1) is 0 Å². The van der Waals surface area contributed by atoms with Crippen LogP contribution in [0.2, 0.25) is 0 Å². The van der Waals surface area contributed by atoms with Crippen molar-refractivity contribution in [2.45, 2.75) is 37.0 Å². The first kappa shape index (κ1) is 12.4. The molecule has 1 aromatic carbocycles. The Bertz CT molecular complexity index is 477. The van der Waals surface area contributed by atoms with Crippen molar-refractivity contribution < 1.29 is 8.78 Å². The van der Waals surface area contributed by atoms with Crippen LogP contribution in [0.1, 0.15) is 31.2 Å². The molecule has 1 fully saturated rings. The molecule has 1 spiro atoms. The smallest absolute Gasteiger partial charge is 0.248 e. The lowest BCUT2D eigenvalue weighted by atomic mass is 9.69. The van der Waals surface area contributed by atoms with Gasteiger partial charge in [0.05, 0.1) is 0 Å². The van der Waals surface area contributed by atoms with Crippen molar-refractivity contribution in [1.29, 1.82) is 0 Å². The second-order valence-electron chi connectivity index (χ2n) is 5.65. The first-order valence-corrected chi connectivity index (χ1v) is 7.10. The molecule has 2 aliphatic rings. The summed E-state index contributed by atoms with van der Waals surface area (Å²) >= 11 is 3.49. The lowest BCUT2D eigenvalue weighted by Gasteiger charge is -2.37. The van der Waals surface area contributed by atoms with E-state index in [0.717, 1.165) is 11.0 Å². The lowest BCUT2D eigenvalue weighted by Crippen LogP contribution is -2.39. The predicted molar refractivity (Wildman–Crippen MR) is 72.5 cm³/mol. The van der Waals surface area contributed by atoms with Gasteiger partial charge >= 0.3 is 0 Å². The highest BCUT2D eigenvalue weighted by atomic mass is 79.9. The minimum atomic E-state index is -2.46. The maximum atomic E-state index is 13.4. The van der Waals surface area contributed by atoms with Gasteiger partial charge < -0.3 is 4.90 Å². The van der Waals surface area contributed by atoms with E-state index in [1.807, 2.05) is 13.1 Å². The summed E-state index contributed by atoms with van der Waals surface area (Å²) in [4.78, 5) is 2.20. The SMILES string of the molecule is CN1CC2(CCC(F)(F)CC2)c2cc(Br)ccc21. The quantitative estimate of drug-likeness (QED) is 0.688. The summed E-state index contributed by atoms with van der Waals surface area (Å²) in [5, 5.41) is 0. The number of rotatable bonds is 0. The molecule has 0 saturated heterocycles. The van der Waals surface area contributed by atoms with Gasteiger partial charge in [0.15, 0.2) is 0 Å². The molecule has 0 amide bonds. The fourth-order valence-electron chi connectivity index (χ4n) is 3.41. The Morgan fingerprint density at radius 2 is 1.83 bits per heavy atom. The third kappa shape index (κ3) is 1.85. The molecule has 0 unspecified atom stereocenters. The third-order valence-electron chi connectivity index (χ3n) is 4.42. The average Bonchev–Trinajstić information content (AvgIpc) is 2.57. The van der Waals surface area contributed by atoms with E-state index in [4.69, 9.17) is 0 Å². The van der Waals surface area contributed by atoms with Crippen molar-refractivity contribution >= 4 is 21.6 Å². The van der Waals surface area contributed by atoms with E-state index in [0.29, 0.717) is 12.8 Å². The molecule has 3 rings (SSSR count). The maximum absolute atomic E-state index is 13.4. The van der Waals surface area contributed by atoms with Gasteiger partial charge in [0, 0.05) is 42.0 Å². The van der Waals surface area contributed by atoms with Gasteiger partial charge in [-0.2, -0.15) is 0 Å². The van der Waals surface area contributed by atoms with Crippen LogP contribution in [0.15, 0.2) is 22.7 Å². The van der Waals surface area contributed by atoms with Crippen LogP contribution in [0.4, 0.5) is 14.5 Å². The van der Waals surface area contributed by atoms with Crippen molar-refractivity contribution in [2.24, 2.45) is 0 Å². The zero-order chi connectivity index (χ0) is 13.0. The van der Waals surface area contributed by atoms with Gasteiger partial charge in [-0.3, -0.25) is 0 Å². The summed E-state index contributed by atoms with van der Waals surface area (Å²) in [6.07, 6.45) is 1.22. The highest BCUT2D eigenvalue weighted by molar-refractivity contribution is 9.10. The van der Waals surface area contributed by atoms with Crippen molar-refractivity contribution in [3.05, 3.63) is 28.2 Å². The van der Waals surface area contributed by atoms with Crippen molar-refractivity contribution in [1.82, 2.24) is 0 Å². The molecule has 1 aromatic rings. The van der Waals surface area contributed by atoms with Crippen LogP contribution in [0, 0.1) is 0 Å². The van der Waals surface area contributed by atoms with E-state index in [1.54, 1.807) is 0 Å². The molecule has 1 saturated carbocycles. The molecular weight excluding hydrogens is 300 g/mol. The zero-order valence-electron chi connectivity index (χ0n) is 10.3. The molecule has 1 heterocycles. The van der Waals surface area contributed by atoms with Crippen LogP contribution >= 0.6 is 15.9 Å². The summed E-state index contributed by atoms with van der Waals surface area (Å²) in [7, 11) is 2.05. The minimum Gasteiger partial charge on any atom is -0.373 e. The second-order valence-corrected chi connectivity index (χ2v) is 6.57. The second kappa shape index (κ2) is 3.92. The van der Waals surface area contributed by atoms with Gasteiger partial charge in [-0.05, 0) is 36.6 Å². The third-order valence-corrected chi connectivity index (χ3v) is 4.91. The average molecular weight is 316 g/mol. The molecule has 0 atom stereocenters. The first-order chi connectivity index (χ1) is 8.42. The number of hydrogen-bond acceptors (Lipinski definition) is 1. The normalized spacial score (nSPS) is 24.3. The zero-order valence-corrected chi connectivity index (χ0v) is 11.9. The highest BCUT2D eigenvalue weighted by Crippen LogP contribution is 2.52. The predicted octanol–water partition coefficient (Wildman–Crippen LogP) is 4.35.